The largest absolute Gasteiger partial charge is 0.497 e. The molecule has 9 nitrogen and oxygen atoms in total. The molecule has 3 N–H and O–H groups in total. The van der Waals surface area contributed by atoms with Crippen molar-refractivity contribution < 1.29 is 43.9 Å². The van der Waals surface area contributed by atoms with E-state index < -0.39 is 36.4 Å². The first-order chi connectivity index (χ1) is 16.3. The van der Waals surface area contributed by atoms with Crippen LogP contribution in [-0.4, -0.2) is 72.0 Å². The van der Waals surface area contributed by atoms with Crippen molar-refractivity contribution in [2.45, 2.75) is 50.8 Å². The summed E-state index contributed by atoms with van der Waals surface area (Å²) in [6.45, 7) is 2.05. The molecule has 2 rings (SSSR count). The molecule has 186 valence electrons. The number of hydrogen-bond donors (Lipinski definition) is 3. The number of aliphatic hydroxyl groups excluding tert-OH is 3. The lowest BCUT2D eigenvalue weighted by Crippen LogP contribution is -2.43. The molecule has 0 spiro atoms. The van der Waals surface area contributed by atoms with Gasteiger partial charge in [-0.1, -0.05) is 30.3 Å². The highest BCUT2D eigenvalue weighted by Crippen LogP contribution is 2.17. The van der Waals surface area contributed by atoms with E-state index in [4.69, 9.17) is 18.9 Å². The molecule has 0 aliphatic rings. The Hall–Kier alpha value is -2.98. The molecule has 0 amide bonds. The number of benzene rings is 2. The zero-order valence-corrected chi connectivity index (χ0v) is 19.3. The predicted molar refractivity (Wildman–Crippen MR) is 122 cm³/mol. The first kappa shape index (κ1) is 27.3. The van der Waals surface area contributed by atoms with Gasteiger partial charge in [-0.2, -0.15) is 0 Å². The van der Waals surface area contributed by atoms with Gasteiger partial charge in [0.15, 0.2) is 6.10 Å². The van der Waals surface area contributed by atoms with E-state index in [1.165, 1.54) is 12.1 Å². The molecule has 0 aliphatic heterocycles. The fraction of sp³-hybridized carbons (Fsp3) is 0.440. The van der Waals surface area contributed by atoms with Gasteiger partial charge in [0.05, 0.1) is 38.1 Å². The normalized spacial score (nSPS) is 14.5. The van der Waals surface area contributed by atoms with Gasteiger partial charge in [0.2, 0.25) is 0 Å². The first-order valence-corrected chi connectivity index (χ1v) is 11.0. The van der Waals surface area contributed by atoms with Crippen molar-refractivity contribution in [1.82, 2.24) is 0 Å². The highest BCUT2D eigenvalue weighted by molar-refractivity contribution is 5.89. The van der Waals surface area contributed by atoms with Crippen molar-refractivity contribution >= 4 is 11.9 Å². The predicted octanol–water partition coefficient (Wildman–Crippen LogP) is 1.86. The molecule has 34 heavy (non-hydrogen) atoms. The van der Waals surface area contributed by atoms with Crippen molar-refractivity contribution in [3.63, 3.8) is 0 Å². The average molecular weight is 477 g/mol. The molecule has 0 aromatic heterocycles. The molecule has 0 unspecified atom stereocenters. The first-order valence-electron chi connectivity index (χ1n) is 11.0. The number of hydrogen-bond acceptors (Lipinski definition) is 9. The van der Waals surface area contributed by atoms with Crippen molar-refractivity contribution in [2.24, 2.45) is 0 Å². The van der Waals surface area contributed by atoms with Gasteiger partial charge in [0.1, 0.15) is 11.9 Å². The van der Waals surface area contributed by atoms with E-state index in [0.717, 1.165) is 11.3 Å². The van der Waals surface area contributed by atoms with Gasteiger partial charge in [0, 0.05) is 13.0 Å². The lowest BCUT2D eigenvalue weighted by atomic mass is 10.0. The minimum Gasteiger partial charge on any atom is -0.497 e. The van der Waals surface area contributed by atoms with Crippen LogP contribution in [0, 0.1) is 0 Å². The van der Waals surface area contributed by atoms with Gasteiger partial charge in [-0.3, -0.25) is 0 Å². The molecule has 2 aromatic rings. The number of aliphatic hydroxyl groups is 3. The zero-order chi connectivity index (χ0) is 24.9. The molecule has 0 saturated heterocycles. The van der Waals surface area contributed by atoms with Crippen LogP contribution in [-0.2, 0) is 25.6 Å². The maximum Gasteiger partial charge on any atom is 0.338 e. The Bertz CT molecular complexity index is 870. The van der Waals surface area contributed by atoms with Crippen LogP contribution in [0.5, 0.6) is 5.75 Å². The monoisotopic (exact) mass is 476 g/mol. The van der Waals surface area contributed by atoms with Crippen molar-refractivity contribution in [2.75, 3.05) is 20.3 Å². The highest BCUT2D eigenvalue weighted by Gasteiger charge is 2.34. The fourth-order valence-electron chi connectivity index (χ4n) is 3.10. The van der Waals surface area contributed by atoms with Crippen LogP contribution in [0.3, 0.4) is 0 Å². The van der Waals surface area contributed by atoms with E-state index in [0.29, 0.717) is 6.61 Å². The third-order valence-electron chi connectivity index (χ3n) is 5.05. The molecule has 0 fully saturated rings. The van der Waals surface area contributed by atoms with Crippen molar-refractivity contribution in [3.8, 4) is 5.75 Å². The summed E-state index contributed by atoms with van der Waals surface area (Å²) in [5, 5.41) is 31.1. The fourth-order valence-corrected chi connectivity index (χ4v) is 3.10. The smallest absolute Gasteiger partial charge is 0.338 e. The minimum atomic E-state index is -1.82. The third kappa shape index (κ3) is 8.75. The van der Waals surface area contributed by atoms with E-state index >= 15 is 0 Å². The number of carbonyl (C=O) groups excluding carboxylic acids is 2. The summed E-state index contributed by atoms with van der Waals surface area (Å²) in [7, 11) is 1.58. The van der Waals surface area contributed by atoms with Gasteiger partial charge in [-0.15, -0.1) is 0 Å². The third-order valence-corrected chi connectivity index (χ3v) is 5.05. The summed E-state index contributed by atoms with van der Waals surface area (Å²) in [5.41, 5.74) is 1.13. The maximum atomic E-state index is 12.4. The van der Waals surface area contributed by atoms with Crippen LogP contribution in [0.2, 0.25) is 0 Å². The van der Waals surface area contributed by atoms with Crippen LogP contribution in [0.15, 0.2) is 54.6 Å². The topological polar surface area (TPSA) is 132 Å². The van der Waals surface area contributed by atoms with Crippen LogP contribution < -0.4 is 4.74 Å². The van der Waals surface area contributed by atoms with Crippen LogP contribution >= 0.6 is 0 Å². The number of esters is 2. The molecule has 9 heteroatoms. The van der Waals surface area contributed by atoms with E-state index in [1.807, 2.05) is 24.3 Å². The second-order valence-corrected chi connectivity index (χ2v) is 7.57. The SMILES string of the molecule is CCOC(=O)[C@H](O)[C@H](C[C@@H](O)[C@H](O)CCOCc1ccc(OC)cc1)OC(=O)c1ccccc1. The Kier molecular flexibility index (Phi) is 11.5. The lowest BCUT2D eigenvalue weighted by molar-refractivity contribution is -0.161. The molecular weight excluding hydrogens is 444 g/mol. The van der Waals surface area contributed by atoms with Gasteiger partial charge < -0.3 is 34.3 Å². The summed E-state index contributed by atoms with van der Waals surface area (Å²) >= 11 is 0. The number of ether oxygens (including phenoxy) is 4. The second kappa shape index (κ2) is 14.3. The van der Waals surface area contributed by atoms with Gasteiger partial charge in [-0.05, 0) is 43.2 Å². The molecule has 0 aliphatic carbocycles. The summed E-state index contributed by atoms with van der Waals surface area (Å²) in [5.74, 6) is -1.04. The molecular formula is C25H32O9. The van der Waals surface area contributed by atoms with Gasteiger partial charge >= 0.3 is 11.9 Å². The van der Waals surface area contributed by atoms with E-state index in [1.54, 1.807) is 32.2 Å². The number of methoxy groups -OCH3 is 1. The minimum absolute atomic E-state index is 0.0198. The van der Waals surface area contributed by atoms with Crippen LogP contribution in [0.1, 0.15) is 35.7 Å². The van der Waals surface area contributed by atoms with E-state index in [9.17, 15) is 24.9 Å². The lowest BCUT2D eigenvalue weighted by Gasteiger charge is -2.26. The maximum absolute atomic E-state index is 12.4. The van der Waals surface area contributed by atoms with Crippen LogP contribution in [0.25, 0.3) is 0 Å². The zero-order valence-electron chi connectivity index (χ0n) is 19.3. The Morgan fingerprint density at radius 3 is 2.24 bits per heavy atom. The average Bonchev–Trinajstić information content (AvgIpc) is 2.86. The quantitative estimate of drug-likeness (QED) is 0.276. The summed E-state index contributed by atoms with van der Waals surface area (Å²) < 4.78 is 20.7. The molecule has 2 aromatic carbocycles. The molecule has 0 bridgehead atoms. The summed E-state index contributed by atoms with van der Waals surface area (Å²) in [6, 6.07) is 15.3. The summed E-state index contributed by atoms with van der Waals surface area (Å²) in [6.07, 6.45) is -6.15. The Labute approximate surface area is 198 Å². The van der Waals surface area contributed by atoms with Gasteiger partial charge in [0.25, 0.3) is 0 Å². The molecule has 4 atom stereocenters. The van der Waals surface area contributed by atoms with Crippen molar-refractivity contribution in [3.05, 3.63) is 65.7 Å². The van der Waals surface area contributed by atoms with Crippen LogP contribution in [0.4, 0.5) is 0 Å². The van der Waals surface area contributed by atoms with E-state index in [2.05, 4.69) is 0 Å². The summed E-state index contributed by atoms with van der Waals surface area (Å²) in [4.78, 5) is 24.4. The van der Waals surface area contributed by atoms with E-state index in [-0.39, 0.29) is 31.6 Å². The van der Waals surface area contributed by atoms with Crippen molar-refractivity contribution in [1.29, 1.82) is 0 Å². The standard InChI is InChI=1S/C25H32O9/c1-3-33-25(30)23(28)22(34-24(29)18-7-5-4-6-8-18)15-21(27)20(26)13-14-32-16-17-9-11-19(31-2)12-10-17/h4-12,20-23,26-28H,3,13-16H2,1-2H3/t20-,21-,22+,23-/m1/s1. The number of carbonyl (C=O) groups is 2. The highest BCUT2D eigenvalue weighted by atomic mass is 16.6. The Morgan fingerprint density at radius 2 is 1.62 bits per heavy atom. The Balaban J connectivity index is 1.90. The molecule has 0 heterocycles. The second-order valence-electron chi connectivity index (χ2n) is 7.57. The molecule has 0 radical (unpaired) electrons. The van der Waals surface area contributed by atoms with Gasteiger partial charge in [-0.25, -0.2) is 9.59 Å². The number of rotatable bonds is 14. The Morgan fingerprint density at radius 1 is 0.941 bits per heavy atom. The molecule has 0 saturated carbocycles.